The fraction of sp³-hybridized carbons (Fsp3) is 0.478. The predicted molar refractivity (Wildman–Crippen MR) is 121 cm³/mol. The number of thiophene rings is 1. The first-order valence-corrected chi connectivity index (χ1v) is 11.6. The number of hydrogen-bond acceptors (Lipinski definition) is 6. The van der Waals surface area contributed by atoms with E-state index in [0.29, 0.717) is 23.7 Å². The maximum Gasteiger partial charge on any atom is 0.341 e. The van der Waals surface area contributed by atoms with Gasteiger partial charge in [0.25, 0.3) is 0 Å². The Bertz CT molecular complexity index is 889. The van der Waals surface area contributed by atoms with Crippen LogP contribution < -0.4 is 10.2 Å². The number of carbonyl (C=O) groups excluding carboxylic acids is 2. The van der Waals surface area contributed by atoms with Crippen molar-refractivity contribution < 1.29 is 14.3 Å². The highest BCUT2D eigenvalue weighted by atomic mass is 32.1. The number of esters is 1. The van der Waals surface area contributed by atoms with Crippen molar-refractivity contribution in [3.8, 4) is 0 Å². The number of anilines is 2. The van der Waals surface area contributed by atoms with Gasteiger partial charge in [0.1, 0.15) is 5.00 Å². The molecule has 1 aliphatic carbocycles. The second-order valence-electron chi connectivity index (χ2n) is 7.78. The van der Waals surface area contributed by atoms with Gasteiger partial charge in [-0.05, 0) is 50.3 Å². The Morgan fingerprint density at radius 2 is 1.80 bits per heavy atom. The summed E-state index contributed by atoms with van der Waals surface area (Å²) in [5.41, 5.74) is 2.89. The van der Waals surface area contributed by atoms with Crippen LogP contribution in [0.1, 0.15) is 40.6 Å². The molecule has 6 nitrogen and oxygen atoms in total. The van der Waals surface area contributed by atoms with Crippen LogP contribution in [0.2, 0.25) is 0 Å². The average Bonchev–Trinajstić information content (AvgIpc) is 3.12. The molecule has 1 saturated heterocycles. The molecule has 1 aromatic carbocycles. The molecule has 1 amide bonds. The lowest BCUT2D eigenvalue weighted by molar-refractivity contribution is -0.117. The van der Waals surface area contributed by atoms with E-state index in [1.807, 2.05) is 13.0 Å². The summed E-state index contributed by atoms with van der Waals surface area (Å²) < 4.78 is 5.28. The number of fused-ring (bicyclic) bond motifs is 1. The van der Waals surface area contributed by atoms with Crippen molar-refractivity contribution in [3.63, 3.8) is 0 Å². The lowest BCUT2D eigenvalue weighted by atomic mass is 9.95. The highest BCUT2D eigenvalue weighted by Crippen LogP contribution is 2.38. The standard InChI is InChI=1S/C23H29N3O3S/c1-2-29-23(28)21-18-10-6-7-11-19(18)30-22(21)24-20(27)16-25-12-14-26(15-13-25)17-8-4-3-5-9-17/h3-5,8-9H,2,6-7,10-16H2,1H3,(H,24,27). The van der Waals surface area contributed by atoms with Crippen LogP contribution in [0, 0.1) is 0 Å². The Labute approximate surface area is 181 Å². The molecule has 0 unspecified atom stereocenters. The molecule has 160 valence electrons. The molecule has 2 aliphatic rings. The predicted octanol–water partition coefficient (Wildman–Crippen LogP) is 3.56. The molecule has 30 heavy (non-hydrogen) atoms. The van der Waals surface area contributed by atoms with Gasteiger partial charge in [-0.2, -0.15) is 0 Å². The number of benzene rings is 1. The van der Waals surface area contributed by atoms with Crippen molar-refractivity contribution in [1.29, 1.82) is 0 Å². The number of ether oxygens (including phenoxy) is 1. The lowest BCUT2D eigenvalue weighted by Crippen LogP contribution is -2.48. The van der Waals surface area contributed by atoms with E-state index in [4.69, 9.17) is 4.74 Å². The molecule has 0 atom stereocenters. The van der Waals surface area contributed by atoms with Crippen molar-refractivity contribution in [3.05, 3.63) is 46.3 Å². The van der Waals surface area contributed by atoms with E-state index in [-0.39, 0.29) is 11.9 Å². The molecule has 0 radical (unpaired) electrons. The molecule has 2 aromatic rings. The number of nitrogens with zero attached hydrogens (tertiary/aromatic N) is 2. The van der Waals surface area contributed by atoms with Crippen molar-refractivity contribution in [2.75, 3.05) is 49.5 Å². The zero-order chi connectivity index (χ0) is 20.9. The number of aryl methyl sites for hydroxylation is 1. The van der Waals surface area contributed by atoms with E-state index in [1.54, 1.807) is 11.3 Å². The second-order valence-corrected chi connectivity index (χ2v) is 8.89. The van der Waals surface area contributed by atoms with Crippen molar-refractivity contribution in [2.45, 2.75) is 32.6 Å². The number of carbonyl (C=O) groups is 2. The SMILES string of the molecule is CCOC(=O)c1c(NC(=O)CN2CCN(c3ccccc3)CC2)sc2c1CCCC2. The maximum absolute atomic E-state index is 12.8. The normalized spacial score (nSPS) is 16.8. The van der Waals surface area contributed by atoms with E-state index in [1.165, 1.54) is 10.6 Å². The summed E-state index contributed by atoms with van der Waals surface area (Å²) in [6.45, 7) is 5.97. The van der Waals surface area contributed by atoms with Gasteiger partial charge in [0.05, 0.1) is 18.7 Å². The summed E-state index contributed by atoms with van der Waals surface area (Å²) in [7, 11) is 0. The first-order chi connectivity index (χ1) is 14.7. The zero-order valence-corrected chi connectivity index (χ0v) is 18.3. The van der Waals surface area contributed by atoms with Gasteiger partial charge in [0.15, 0.2) is 0 Å². The average molecular weight is 428 g/mol. The Morgan fingerprint density at radius 1 is 1.07 bits per heavy atom. The third-order valence-electron chi connectivity index (χ3n) is 5.76. The van der Waals surface area contributed by atoms with Crippen LogP contribution in [0.5, 0.6) is 0 Å². The summed E-state index contributed by atoms with van der Waals surface area (Å²) in [5, 5.41) is 3.68. The quantitative estimate of drug-likeness (QED) is 0.714. The molecule has 1 fully saturated rings. The van der Waals surface area contributed by atoms with E-state index < -0.39 is 0 Å². The summed E-state index contributed by atoms with van der Waals surface area (Å²) in [6.07, 6.45) is 4.07. The summed E-state index contributed by atoms with van der Waals surface area (Å²) in [5.74, 6) is -0.379. The first kappa shape index (κ1) is 20.9. The van der Waals surface area contributed by atoms with Crippen LogP contribution in [-0.2, 0) is 22.4 Å². The Morgan fingerprint density at radius 3 is 2.53 bits per heavy atom. The van der Waals surface area contributed by atoms with E-state index in [9.17, 15) is 9.59 Å². The Balaban J connectivity index is 1.37. The first-order valence-electron chi connectivity index (χ1n) is 10.8. The fourth-order valence-electron chi connectivity index (χ4n) is 4.25. The van der Waals surface area contributed by atoms with Crippen molar-refractivity contribution >= 4 is 33.9 Å². The van der Waals surface area contributed by atoms with Gasteiger partial charge >= 0.3 is 5.97 Å². The van der Waals surface area contributed by atoms with Gasteiger partial charge < -0.3 is 15.0 Å². The number of nitrogens with one attached hydrogen (secondary N) is 1. The van der Waals surface area contributed by atoms with Crippen molar-refractivity contribution in [2.24, 2.45) is 0 Å². The number of amides is 1. The molecule has 1 N–H and O–H groups in total. The number of piperazine rings is 1. The van der Waals surface area contributed by atoms with Crippen LogP contribution in [0.15, 0.2) is 30.3 Å². The largest absolute Gasteiger partial charge is 0.462 e. The van der Waals surface area contributed by atoms with E-state index in [0.717, 1.165) is 57.4 Å². The van der Waals surface area contributed by atoms with Crippen LogP contribution in [-0.4, -0.2) is 56.1 Å². The minimum atomic E-state index is -0.316. The third kappa shape index (κ3) is 4.68. The molecular formula is C23H29N3O3S. The van der Waals surface area contributed by atoms with Gasteiger partial charge in [0, 0.05) is 36.7 Å². The van der Waals surface area contributed by atoms with Gasteiger partial charge in [-0.1, -0.05) is 18.2 Å². The van der Waals surface area contributed by atoms with Gasteiger partial charge in [-0.25, -0.2) is 4.79 Å². The maximum atomic E-state index is 12.8. The minimum Gasteiger partial charge on any atom is -0.462 e. The smallest absolute Gasteiger partial charge is 0.341 e. The summed E-state index contributed by atoms with van der Waals surface area (Å²) in [6, 6.07) is 10.4. The summed E-state index contributed by atoms with van der Waals surface area (Å²) >= 11 is 1.54. The van der Waals surface area contributed by atoms with Crippen LogP contribution in [0.3, 0.4) is 0 Å². The molecule has 0 saturated carbocycles. The highest BCUT2D eigenvalue weighted by molar-refractivity contribution is 7.17. The number of hydrogen-bond donors (Lipinski definition) is 1. The molecule has 2 heterocycles. The number of rotatable bonds is 6. The van der Waals surface area contributed by atoms with Gasteiger partial charge in [0.2, 0.25) is 5.91 Å². The Kier molecular flexibility index (Phi) is 6.69. The monoisotopic (exact) mass is 427 g/mol. The molecular weight excluding hydrogens is 398 g/mol. The number of para-hydroxylation sites is 1. The second kappa shape index (κ2) is 9.62. The molecule has 1 aliphatic heterocycles. The van der Waals surface area contributed by atoms with Crippen LogP contribution in [0.25, 0.3) is 0 Å². The fourth-order valence-corrected chi connectivity index (χ4v) is 5.54. The molecule has 4 rings (SSSR count). The molecule has 7 heteroatoms. The van der Waals surface area contributed by atoms with Gasteiger partial charge in [-0.3, -0.25) is 9.69 Å². The lowest BCUT2D eigenvalue weighted by Gasteiger charge is -2.35. The topological polar surface area (TPSA) is 61.9 Å². The highest BCUT2D eigenvalue weighted by Gasteiger charge is 2.28. The molecule has 0 spiro atoms. The van der Waals surface area contributed by atoms with E-state index in [2.05, 4.69) is 39.4 Å². The van der Waals surface area contributed by atoms with E-state index >= 15 is 0 Å². The molecule has 1 aromatic heterocycles. The Hall–Kier alpha value is -2.38. The van der Waals surface area contributed by atoms with Gasteiger partial charge in [-0.15, -0.1) is 11.3 Å². The minimum absolute atomic E-state index is 0.0627. The summed E-state index contributed by atoms with van der Waals surface area (Å²) in [4.78, 5) is 31.1. The molecule has 0 bridgehead atoms. The zero-order valence-electron chi connectivity index (χ0n) is 17.5. The third-order valence-corrected chi connectivity index (χ3v) is 6.97. The van der Waals surface area contributed by atoms with Crippen LogP contribution >= 0.6 is 11.3 Å². The van der Waals surface area contributed by atoms with Crippen molar-refractivity contribution in [1.82, 2.24) is 4.90 Å². The van der Waals surface area contributed by atoms with Crippen LogP contribution in [0.4, 0.5) is 10.7 Å².